The van der Waals surface area contributed by atoms with Gasteiger partial charge in [0.05, 0.1) is 8.49 Å². The fourth-order valence-electron chi connectivity index (χ4n) is 1.63. The maximum absolute atomic E-state index is 13.5. The zero-order chi connectivity index (χ0) is 14.7. The summed E-state index contributed by atoms with van der Waals surface area (Å²) >= 11 is 5.06. The fraction of sp³-hybridized carbons (Fsp3) is 0.0769. The van der Waals surface area contributed by atoms with E-state index in [9.17, 15) is 14.5 Å². The van der Waals surface area contributed by atoms with Crippen LogP contribution in [-0.2, 0) is 6.54 Å². The summed E-state index contributed by atoms with van der Waals surface area (Å²) in [5, 5.41) is 13.9. The van der Waals surface area contributed by atoms with Crippen LogP contribution in [-0.4, -0.2) is 4.92 Å². The summed E-state index contributed by atoms with van der Waals surface area (Å²) in [4.78, 5) is 10.5. The van der Waals surface area contributed by atoms with E-state index in [0.717, 1.165) is 16.1 Å². The summed E-state index contributed by atoms with van der Waals surface area (Å²) in [7, 11) is 0. The summed E-state index contributed by atoms with van der Waals surface area (Å²) in [6.45, 7) is 0.383. The molecule has 0 amide bonds. The minimum Gasteiger partial charge on any atom is -0.375 e. The number of hydrogen-bond donors (Lipinski definition) is 1. The molecule has 4 nitrogen and oxygen atoms in total. The number of nitro benzene ring substituents is 1. The molecule has 0 aliphatic heterocycles. The number of benzene rings is 2. The van der Waals surface area contributed by atoms with E-state index in [1.807, 2.05) is 24.3 Å². The summed E-state index contributed by atoms with van der Waals surface area (Å²) < 4.78 is 14.7. The third-order valence-corrected chi connectivity index (χ3v) is 3.99. The molecule has 0 fully saturated rings. The number of nitrogens with one attached hydrogen (secondary N) is 1. The van der Waals surface area contributed by atoms with Crippen LogP contribution in [0.15, 0.2) is 40.9 Å². The van der Waals surface area contributed by atoms with Gasteiger partial charge in [0.1, 0.15) is 11.5 Å². The first-order valence-electron chi connectivity index (χ1n) is 5.59. The molecule has 0 aliphatic carbocycles. The lowest BCUT2D eigenvalue weighted by molar-refractivity contribution is -0.384. The number of halogens is 3. The third kappa shape index (κ3) is 3.66. The highest BCUT2D eigenvalue weighted by atomic mass is 127. The normalized spacial score (nSPS) is 10.3. The van der Waals surface area contributed by atoms with Gasteiger partial charge in [0.15, 0.2) is 0 Å². The first-order valence-corrected chi connectivity index (χ1v) is 7.46. The van der Waals surface area contributed by atoms with E-state index in [2.05, 4.69) is 21.2 Å². The molecule has 0 aromatic heterocycles. The number of rotatable bonds is 4. The second-order valence-electron chi connectivity index (χ2n) is 4.02. The summed E-state index contributed by atoms with van der Waals surface area (Å²) in [5.41, 5.74) is 0.991. The van der Waals surface area contributed by atoms with E-state index >= 15 is 0 Å². The van der Waals surface area contributed by atoms with Crippen LogP contribution in [0.2, 0.25) is 0 Å². The molecule has 0 heterocycles. The first-order chi connectivity index (χ1) is 9.47. The fourth-order valence-corrected chi connectivity index (χ4v) is 2.34. The Kier molecular flexibility index (Phi) is 4.92. The number of nitrogens with zero attached hydrogens (tertiary/aromatic N) is 1. The van der Waals surface area contributed by atoms with E-state index in [0.29, 0.717) is 6.54 Å². The van der Waals surface area contributed by atoms with Crippen molar-refractivity contribution in [2.24, 2.45) is 0 Å². The molecule has 0 spiro atoms. The van der Waals surface area contributed by atoms with Gasteiger partial charge in [0, 0.05) is 23.2 Å². The molecule has 0 radical (unpaired) electrons. The Balaban J connectivity index is 2.22. The lowest BCUT2D eigenvalue weighted by Gasteiger charge is -2.08. The molecular weight excluding hydrogens is 442 g/mol. The van der Waals surface area contributed by atoms with Crippen LogP contribution in [0.3, 0.4) is 0 Å². The molecule has 0 bridgehead atoms. The average molecular weight is 451 g/mol. The van der Waals surface area contributed by atoms with Crippen molar-refractivity contribution in [2.45, 2.75) is 6.54 Å². The Labute approximate surface area is 136 Å². The second kappa shape index (κ2) is 6.49. The van der Waals surface area contributed by atoms with Crippen molar-refractivity contribution in [3.8, 4) is 0 Å². The topological polar surface area (TPSA) is 55.2 Å². The Morgan fingerprint density at radius 1 is 1.30 bits per heavy atom. The summed E-state index contributed by atoms with van der Waals surface area (Å²) in [6.07, 6.45) is 0. The van der Waals surface area contributed by atoms with Crippen molar-refractivity contribution < 1.29 is 9.31 Å². The number of nitro groups is 1. The molecule has 0 saturated heterocycles. The number of hydrogen-bond acceptors (Lipinski definition) is 3. The minimum atomic E-state index is -0.522. The molecule has 0 aliphatic rings. The van der Waals surface area contributed by atoms with E-state index < -0.39 is 10.7 Å². The van der Waals surface area contributed by atoms with Gasteiger partial charge in [-0.3, -0.25) is 10.1 Å². The Bertz CT molecular complexity index is 650. The van der Waals surface area contributed by atoms with Gasteiger partial charge in [-0.05, 0) is 40.3 Å². The van der Waals surface area contributed by atoms with E-state index in [4.69, 9.17) is 0 Å². The van der Waals surface area contributed by atoms with Crippen molar-refractivity contribution in [2.75, 3.05) is 5.32 Å². The standard InChI is InChI=1S/C13H9BrFIN2O2/c14-9-3-1-8(2-4-9)7-17-12-5-10(15)11(16)6-13(12)18(19)20/h1-6,17H,7H2. The highest BCUT2D eigenvalue weighted by Gasteiger charge is 2.17. The molecule has 7 heteroatoms. The lowest BCUT2D eigenvalue weighted by atomic mass is 10.2. The van der Waals surface area contributed by atoms with Crippen molar-refractivity contribution in [3.05, 3.63) is 65.9 Å². The van der Waals surface area contributed by atoms with Crippen LogP contribution in [0.1, 0.15) is 5.56 Å². The van der Waals surface area contributed by atoms with Crippen LogP contribution >= 0.6 is 38.5 Å². The van der Waals surface area contributed by atoms with Crippen molar-refractivity contribution >= 4 is 49.9 Å². The Morgan fingerprint density at radius 3 is 2.55 bits per heavy atom. The molecule has 104 valence electrons. The van der Waals surface area contributed by atoms with Gasteiger partial charge in [-0.25, -0.2) is 4.39 Å². The van der Waals surface area contributed by atoms with Crippen LogP contribution in [0.4, 0.5) is 15.8 Å². The molecule has 0 unspecified atom stereocenters. The van der Waals surface area contributed by atoms with Gasteiger partial charge in [0.25, 0.3) is 5.69 Å². The van der Waals surface area contributed by atoms with Gasteiger partial charge in [-0.15, -0.1) is 0 Å². The van der Waals surface area contributed by atoms with Gasteiger partial charge in [-0.1, -0.05) is 28.1 Å². The maximum Gasteiger partial charge on any atom is 0.293 e. The number of anilines is 1. The van der Waals surface area contributed by atoms with E-state index in [1.54, 1.807) is 22.6 Å². The predicted octanol–water partition coefficient (Wildman–Crippen LogP) is 4.71. The molecule has 20 heavy (non-hydrogen) atoms. The smallest absolute Gasteiger partial charge is 0.293 e. The van der Waals surface area contributed by atoms with Crippen LogP contribution in [0, 0.1) is 19.5 Å². The SMILES string of the molecule is O=[N+]([O-])c1cc(I)c(F)cc1NCc1ccc(Br)cc1. The Morgan fingerprint density at radius 2 is 1.95 bits per heavy atom. The van der Waals surface area contributed by atoms with Crippen molar-refractivity contribution in [3.63, 3.8) is 0 Å². The van der Waals surface area contributed by atoms with Gasteiger partial charge < -0.3 is 5.32 Å². The van der Waals surface area contributed by atoms with Gasteiger partial charge in [0.2, 0.25) is 0 Å². The monoisotopic (exact) mass is 450 g/mol. The van der Waals surface area contributed by atoms with Gasteiger partial charge >= 0.3 is 0 Å². The zero-order valence-electron chi connectivity index (χ0n) is 10.1. The Hall–Kier alpha value is -1.22. The maximum atomic E-state index is 13.5. The molecule has 0 saturated carbocycles. The molecule has 2 rings (SSSR count). The van der Waals surface area contributed by atoms with Crippen LogP contribution in [0.25, 0.3) is 0 Å². The molecular formula is C13H9BrFIN2O2. The highest BCUT2D eigenvalue weighted by Crippen LogP contribution is 2.29. The minimum absolute atomic E-state index is 0.132. The molecule has 2 aromatic rings. The first kappa shape index (κ1) is 15.2. The zero-order valence-corrected chi connectivity index (χ0v) is 13.8. The third-order valence-electron chi connectivity index (χ3n) is 2.63. The lowest BCUT2D eigenvalue weighted by Crippen LogP contribution is -2.04. The van der Waals surface area contributed by atoms with Crippen molar-refractivity contribution in [1.82, 2.24) is 0 Å². The molecule has 1 N–H and O–H groups in total. The quantitative estimate of drug-likeness (QED) is 0.417. The predicted molar refractivity (Wildman–Crippen MR) is 87.2 cm³/mol. The largest absolute Gasteiger partial charge is 0.375 e. The highest BCUT2D eigenvalue weighted by molar-refractivity contribution is 14.1. The van der Waals surface area contributed by atoms with E-state index in [1.165, 1.54) is 6.07 Å². The second-order valence-corrected chi connectivity index (χ2v) is 6.10. The van der Waals surface area contributed by atoms with E-state index in [-0.39, 0.29) is 14.9 Å². The molecule has 2 aromatic carbocycles. The summed E-state index contributed by atoms with van der Waals surface area (Å²) in [5.74, 6) is -0.477. The van der Waals surface area contributed by atoms with Crippen molar-refractivity contribution in [1.29, 1.82) is 0 Å². The summed E-state index contributed by atoms with van der Waals surface area (Å²) in [6, 6.07) is 9.89. The van der Waals surface area contributed by atoms with Crippen LogP contribution in [0.5, 0.6) is 0 Å². The molecule has 0 atom stereocenters. The average Bonchev–Trinajstić information content (AvgIpc) is 2.41. The van der Waals surface area contributed by atoms with Crippen LogP contribution < -0.4 is 5.32 Å². The van der Waals surface area contributed by atoms with Gasteiger partial charge in [-0.2, -0.15) is 0 Å².